The van der Waals surface area contributed by atoms with Crippen molar-refractivity contribution in [1.29, 1.82) is 0 Å². The summed E-state index contributed by atoms with van der Waals surface area (Å²) in [5.74, 6) is -0.111. The van der Waals surface area contributed by atoms with Gasteiger partial charge in [-0.2, -0.15) is 13.2 Å². The Morgan fingerprint density at radius 3 is 2.92 bits per heavy atom. The number of ether oxygens (including phenoxy) is 2. The number of carbonyl (C=O) groups excluding carboxylic acids is 1. The zero-order chi connectivity index (χ0) is 27.0. The first-order valence-corrected chi connectivity index (χ1v) is 14.8. The Labute approximate surface area is 230 Å². The van der Waals surface area contributed by atoms with Gasteiger partial charge >= 0.3 is 6.18 Å². The summed E-state index contributed by atoms with van der Waals surface area (Å²) in [5.41, 5.74) is 3.93. The minimum atomic E-state index is -4.37. The van der Waals surface area contributed by atoms with Crippen LogP contribution in [0.2, 0.25) is 0 Å². The summed E-state index contributed by atoms with van der Waals surface area (Å²) >= 11 is 1.64. The molecule has 3 aliphatic heterocycles. The van der Waals surface area contributed by atoms with Crippen molar-refractivity contribution in [1.82, 2.24) is 20.1 Å². The van der Waals surface area contributed by atoms with Crippen molar-refractivity contribution in [2.24, 2.45) is 0 Å². The van der Waals surface area contributed by atoms with Crippen LogP contribution in [-0.2, 0) is 39.8 Å². The zero-order valence-corrected chi connectivity index (χ0v) is 22.7. The fourth-order valence-corrected chi connectivity index (χ4v) is 7.39. The molecule has 4 aliphatic rings. The maximum Gasteiger partial charge on any atom is 0.416 e. The smallest absolute Gasteiger partial charge is 0.381 e. The largest absolute Gasteiger partial charge is 0.416 e. The molecular weight excluding hydrogens is 529 g/mol. The van der Waals surface area contributed by atoms with Crippen molar-refractivity contribution in [2.45, 2.75) is 75.5 Å². The van der Waals surface area contributed by atoms with Gasteiger partial charge in [0.25, 0.3) is 0 Å². The van der Waals surface area contributed by atoms with Crippen molar-refractivity contribution in [2.75, 3.05) is 39.4 Å². The molecule has 1 amide bonds. The van der Waals surface area contributed by atoms with E-state index in [0.29, 0.717) is 31.1 Å². The standard InChI is InChI=1S/C28H35F3N4O3S/c29-28(30,31)20-4-3-18-7-9-34(13-19(18)12-20)16-26(36)33-23-14-35(21-2-1-10-37-11-8-21)15-25(23)38-24-6-5-22-27(24)39-17-32-22/h3-4,12,17,21,23-25H,1-2,5-11,13-16H2,(H,33,36)/t21?,23?,24?,25-/m0/s1. The number of benzene rings is 1. The highest BCUT2D eigenvalue weighted by atomic mass is 32.1. The summed E-state index contributed by atoms with van der Waals surface area (Å²) in [5, 5.41) is 3.24. The molecule has 1 aromatic carbocycles. The van der Waals surface area contributed by atoms with E-state index in [9.17, 15) is 18.0 Å². The monoisotopic (exact) mass is 564 g/mol. The number of nitrogens with zero attached hydrogens (tertiary/aromatic N) is 3. The number of alkyl halides is 3. The van der Waals surface area contributed by atoms with Crippen LogP contribution >= 0.6 is 11.3 Å². The molecule has 39 heavy (non-hydrogen) atoms. The lowest BCUT2D eigenvalue weighted by atomic mass is 9.97. The van der Waals surface area contributed by atoms with E-state index >= 15 is 0 Å². The molecule has 11 heteroatoms. The summed E-state index contributed by atoms with van der Waals surface area (Å²) < 4.78 is 52.0. The number of fused-ring (bicyclic) bond motifs is 2. The Morgan fingerprint density at radius 1 is 1.15 bits per heavy atom. The summed E-state index contributed by atoms with van der Waals surface area (Å²) in [7, 11) is 0. The molecule has 6 rings (SSSR count). The number of aryl methyl sites for hydroxylation is 1. The Morgan fingerprint density at radius 2 is 2.05 bits per heavy atom. The summed E-state index contributed by atoms with van der Waals surface area (Å²) in [4.78, 5) is 23.3. The number of hydrogen-bond donors (Lipinski definition) is 1. The van der Waals surface area contributed by atoms with E-state index in [0.717, 1.165) is 75.7 Å². The summed E-state index contributed by atoms with van der Waals surface area (Å²) in [6.45, 7) is 4.16. The average molecular weight is 565 g/mol. The third-order valence-corrected chi connectivity index (χ3v) is 9.48. The number of amides is 1. The minimum absolute atomic E-state index is 0.00995. The Bertz CT molecular complexity index is 1170. The first-order valence-electron chi connectivity index (χ1n) is 13.9. The van der Waals surface area contributed by atoms with Crippen molar-refractivity contribution >= 4 is 17.2 Å². The van der Waals surface area contributed by atoms with Gasteiger partial charge in [-0.1, -0.05) is 6.07 Å². The van der Waals surface area contributed by atoms with Gasteiger partial charge in [-0.25, -0.2) is 4.98 Å². The fourth-order valence-electron chi connectivity index (χ4n) is 6.48. The quantitative estimate of drug-likeness (QED) is 0.573. The number of halogens is 3. The van der Waals surface area contributed by atoms with Gasteiger partial charge in [0.05, 0.1) is 46.4 Å². The van der Waals surface area contributed by atoms with Gasteiger partial charge in [0.1, 0.15) is 0 Å². The number of likely N-dealkylation sites (tertiary alicyclic amines) is 1. The van der Waals surface area contributed by atoms with Gasteiger partial charge in [-0.05, 0) is 61.8 Å². The van der Waals surface area contributed by atoms with Gasteiger partial charge in [0.2, 0.25) is 5.91 Å². The van der Waals surface area contributed by atoms with Crippen molar-refractivity contribution < 1.29 is 27.4 Å². The van der Waals surface area contributed by atoms with E-state index in [2.05, 4.69) is 15.2 Å². The van der Waals surface area contributed by atoms with Gasteiger partial charge in [0, 0.05) is 45.4 Å². The van der Waals surface area contributed by atoms with Crippen LogP contribution in [-0.4, -0.2) is 78.3 Å². The molecule has 1 aromatic heterocycles. The van der Waals surface area contributed by atoms with Crippen molar-refractivity contribution in [3.05, 3.63) is 51.0 Å². The second-order valence-electron chi connectivity index (χ2n) is 11.1. The topological polar surface area (TPSA) is 66.9 Å². The van der Waals surface area contributed by atoms with Gasteiger partial charge in [-0.15, -0.1) is 11.3 Å². The van der Waals surface area contributed by atoms with Crippen LogP contribution in [0.25, 0.3) is 0 Å². The van der Waals surface area contributed by atoms with Crippen LogP contribution in [0.1, 0.15) is 59.0 Å². The van der Waals surface area contributed by atoms with Crippen LogP contribution in [0.15, 0.2) is 23.7 Å². The van der Waals surface area contributed by atoms with E-state index in [1.165, 1.54) is 10.9 Å². The normalized spacial score (nSPS) is 28.2. The lowest BCUT2D eigenvalue weighted by molar-refractivity contribution is -0.137. The highest BCUT2D eigenvalue weighted by molar-refractivity contribution is 7.09. The number of rotatable bonds is 6. The van der Waals surface area contributed by atoms with Gasteiger partial charge in [-0.3, -0.25) is 14.6 Å². The predicted molar refractivity (Wildman–Crippen MR) is 140 cm³/mol. The maximum atomic E-state index is 13.2. The Balaban J connectivity index is 1.11. The molecule has 3 unspecified atom stereocenters. The molecule has 212 valence electrons. The Hall–Kier alpha value is -2.05. The molecule has 2 saturated heterocycles. The Kier molecular flexibility index (Phi) is 7.96. The highest BCUT2D eigenvalue weighted by Gasteiger charge is 2.41. The zero-order valence-electron chi connectivity index (χ0n) is 21.9. The third kappa shape index (κ3) is 6.17. The van der Waals surface area contributed by atoms with Crippen molar-refractivity contribution in [3.63, 3.8) is 0 Å². The molecule has 1 N–H and O–H groups in total. The van der Waals surface area contributed by atoms with Gasteiger partial charge < -0.3 is 14.8 Å². The molecule has 0 bridgehead atoms. The molecule has 2 aromatic rings. The molecule has 2 fully saturated rings. The van der Waals surface area contributed by atoms with Gasteiger partial charge in [0.15, 0.2) is 0 Å². The van der Waals surface area contributed by atoms with E-state index in [4.69, 9.17) is 9.47 Å². The lowest BCUT2D eigenvalue weighted by Gasteiger charge is -2.30. The fraction of sp³-hybridized carbons (Fsp3) is 0.643. The van der Waals surface area contributed by atoms with E-state index in [1.807, 2.05) is 10.4 Å². The van der Waals surface area contributed by atoms with Crippen molar-refractivity contribution in [3.8, 4) is 0 Å². The molecule has 4 atom stereocenters. The number of carbonyl (C=O) groups is 1. The second kappa shape index (κ2) is 11.4. The van der Waals surface area contributed by atoms with Crippen LogP contribution in [0.5, 0.6) is 0 Å². The number of aromatic nitrogens is 1. The predicted octanol–water partition coefficient (Wildman–Crippen LogP) is 3.96. The molecule has 4 heterocycles. The van der Waals surface area contributed by atoms with E-state index < -0.39 is 11.7 Å². The van der Waals surface area contributed by atoms with Crippen LogP contribution in [0.3, 0.4) is 0 Å². The van der Waals surface area contributed by atoms with Crippen LogP contribution in [0.4, 0.5) is 13.2 Å². The first kappa shape index (κ1) is 27.1. The molecular formula is C28H35F3N4O3S. The number of hydrogen-bond acceptors (Lipinski definition) is 7. The highest BCUT2D eigenvalue weighted by Crippen LogP contribution is 2.38. The number of nitrogens with one attached hydrogen (secondary N) is 1. The second-order valence-corrected chi connectivity index (χ2v) is 12.0. The third-order valence-electron chi connectivity index (χ3n) is 8.52. The molecule has 0 radical (unpaired) electrons. The van der Waals surface area contributed by atoms with Crippen LogP contribution in [0, 0.1) is 0 Å². The molecule has 0 spiro atoms. The van der Waals surface area contributed by atoms with E-state index in [1.54, 1.807) is 17.4 Å². The minimum Gasteiger partial charge on any atom is -0.381 e. The maximum absolute atomic E-state index is 13.2. The molecule has 0 saturated carbocycles. The molecule has 7 nitrogen and oxygen atoms in total. The average Bonchev–Trinajstić information content (AvgIpc) is 3.55. The lowest BCUT2D eigenvalue weighted by Crippen LogP contribution is -2.48. The first-order chi connectivity index (χ1) is 18.8. The van der Waals surface area contributed by atoms with E-state index in [-0.39, 0.29) is 30.7 Å². The van der Waals surface area contributed by atoms with Crippen LogP contribution < -0.4 is 5.32 Å². The number of thiazole rings is 1. The SMILES string of the molecule is O=C(CN1CCc2ccc(C(F)(F)F)cc2C1)NC1CN(C2CCCOCC2)C[C@@H]1OC1CCc2ncsc21. The molecule has 1 aliphatic carbocycles. The summed E-state index contributed by atoms with van der Waals surface area (Å²) in [6, 6.07) is 4.20. The summed E-state index contributed by atoms with van der Waals surface area (Å²) in [6.07, 6.45) is 1.05.